The molecular weight excluding hydrogens is 164 g/mol. The summed E-state index contributed by atoms with van der Waals surface area (Å²) in [6, 6.07) is 0. The molecule has 0 amide bonds. The van der Waals surface area contributed by atoms with Crippen LogP contribution in [0.25, 0.3) is 0 Å². The summed E-state index contributed by atoms with van der Waals surface area (Å²) in [5.74, 6) is 6.43. The largest absolute Gasteiger partial charge is 0.357 e. The summed E-state index contributed by atoms with van der Waals surface area (Å²) in [6.45, 7) is 0.586. The van der Waals surface area contributed by atoms with Gasteiger partial charge in [-0.25, -0.2) is 9.97 Å². The molecule has 0 aliphatic rings. The number of aromatic nitrogens is 2. The maximum absolute atomic E-state index is 5.29. The van der Waals surface area contributed by atoms with Crippen molar-refractivity contribution in [1.82, 2.24) is 9.97 Å². The van der Waals surface area contributed by atoms with Gasteiger partial charge in [0.05, 0.1) is 5.56 Å². The summed E-state index contributed by atoms with van der Waals surface area (Å²) in [6.07, 6.45) is 4.07. The first-order valence-corrected chi connectivity index (χ1v) is 4.05. The zero-order valence-electron chi connectivity index (χ0n) is 7.54. The van der Waals surface area contributed by atoms with Crippen molar-refractivity contribution in [3.63, 3.8) is 0 Å². The van der Waals surface area contributed by atoms with E-state index in [1.54, 1.807) is 19.4 Å². The molecule has 0 saturated carbocycles. The van der Waals surface area contributed by atoms with E-state index < -0.39 is 0 Å². The van der Waals surface area contributed by atoms with Crippen LogP contribution in [0.3, 0.4) is 0 Å². The van der Waals surface area contributed by atoms with Crippen LogP contribution in [0.1, 0.15) is 12.0 Å². The number of hydrogen-bond donors (Lipinski definition) is 2. The molecule has 0 bridgehead atoms. The van der Waals surface area contributed by atoms with E-state index in [1.165, 1.54) is 0 Å². The van der Waals surface area contributed by atoms with Crippen LogP contribution in [0.2, 0.25) is 0 Å². The number of nitrogens with one attached hydrogen (secondary N) is 1. The van der Waals surface area contributed by atoms with E-state index in [-0.39, 0.29) is 0 Å². The molecule has 0 aliphatic carbocycles. The average Bonchev–Trinajstić information content (AvgIpc) is 2.19. The Balaban J connectivity index is 2.65. The molecule has 4 nitrogen and oxygen atoms in total. The van der Waals surface area contributed by atoms with Crippen LogP contribution in [0.4, 0.5) is 5.95 Å². The van der Waals surface area contributed by atoms with Crippen molar-refractivity contribution in [3.05, 3.63) is 18.0 Å². The van der Waals surface area contributed by atoms with Crippen LogP contribution in [0.5, 0.6) is 0 Å². The number of anilines is 1. The molecule has 0 aliphatic heterocycles. The van der Waals surface area contributed by atoms with Crippen LogP contribution in [0.15, 0.2) is 12.4 Å². The van der Waals surface area contributed by atoms with E-state index in [0.717, 1.165) is 5.56 Å². The summed E-state index contributed by atoms with van der Waals surface area (Å²) in [5, 5.41) is 2.83. The van der Waals surface area contributed by atoms with Gasteiger partial charge in [-0.3, -0.25) is 0 Å². The van der Waals surface area contributed by atoms with E-state index in [0.29, 0.717) is 18.9 Å². The Labute approximate surface area is 77.6 Å². The minimum Gasteiger partial charge on any atom is -0.357 e. The number of nitrogens with zero attached hydrogens (tertiary/aromatic N) is 2. The predicted octanol–water partition coefficient (Wildman–Crippen LogP) is 0.219. The Bertz CT molecular complexity index is 307. The Morgan fingerprint density at radius 2 is 2.15 bits per heavy atom. The molecule has 1 aromatic heterocycles. The van der Waals surface area contributed by atoms with Crippen molar-refractivity contribution in [1.29, 1.82) is 0 Å². The summed E-state index contributed by atoms with van der Waals surface area (Å²) in [4.78, 5) is 8.04. The van der Waals surface area contributed by atoms with Gasteiger partial charge in [0.25, 0.3) is 0 Å². The highest BCUT2D eigenvalue weighted by Crippen LogP contribution is 1.96. The quantitative estimate of drug-likeness (QED) is 0.633. The fraction of sp³-hybridized carbons (Fsp3) is 0.333. The Kier molecular flexibility index (Phi) is 3.74. The Hall–Kier alpha value is -1.60. The van der Waals surface area contributed by atoms with Crippen molar-refractivity contribution in [2.45, 2.75) is 6.42 Å². The smallest absolute Gasteiger partial charge is 0.222 e. The van der Waals surface area contributed by atoms with E-state index in [1.807, 2.05) is 0 Å². The number of hydrogen-bond acceptors (Lipinski definition) is 4. The molecule has 3 N–H and O–H groups in total. The highest BCUT2D eigenvalue weighted by molar-refractivity contribution is 5.33. The summed E-state index contributed by atoms with van der Waals surface area (Å²) in [5.41, 5.74) is 6.11. The van der Waals surface area contributed by atoms with E-state index >= 15 is 0 Å². The van der Waals surface area contributed by atoms with Gasteiger partial charge in [0, 0.05) is 32.4 Å². The minimum atomic E-state index is 0.586. The summed E-state index contributed by atoms with van der Waals surface area (Å²) >= 11 is 0. The van der Waals surface area contributed by atoms with Crippen molar-refractivity contribution < 1.29 is 0 Å². The second-order valence-electron chi connectivity index (χ2n) is 2.39. The molecule has 68 valence electrons. The molecule has 1 rings (SSSR count). The third-order valence-electron chi connectivity index (χ3n) is 1.38. The van der Waals surface area contributed by atoms with Gasteiger partial charge in [-0.15, -0.1) is 0 Å². The number of nitrogens with two attached hydrogens (primary N) is 1. The number of rotatable bonds is 2. The average molecular weight is 176 g/mol. The monoisotopic (exact) mass is 176 g/mol. The Morgan fingerprint density at radius 1 is 1.46 bits per heavy atom. The Morgan fingerprint density at radius 3 is 2.69 bits per heavy atom. The summed E-state index contributed by atoms with van der Waals surface area (Å²) in [7, 11) is 1.77. The normalized spacial score (nSPS) is 8.77. The molecule has 4 heteroatoms. The van der Waals surface area contributed by atoms with Gasteiger partial charge in [-0.2, -0.15) is 0 Å². The first-order valence-electron chi connectivity index (χ1n) is 4.05. The zero-order valence-corrected chi connectivity index (χ0v) is 7.54. The van der Waals surface area contributed by atoms with Gasteiger partial charge < -0.3 is 11.1 Å². The van der Waals surface area contributed by atoms with Crippen molar-refractivity contribution >= 4 is 5.95 Å². The van der Waals surface area contributed by atoms with Gasteiger partial charge in [0.15, 0.2) is 0 Å². The van der Waals surface area contributed by atoms with Crippen LogP contribution in [-0.2, 0) is 0 Å². The molecule has 0 fully saturated rings. The molecule has 0 spiro atoms. The molecule has 1 aromatic rings. The first kappa shape index (κ1) is 9.49. The first-order chi connectivity index (χ1) is 6.36. The highest BCUT2D eigenvalue weighted by atomic mass is 15.1. The van der Waals surface area contributed by atoms with Crippen molar-refractivity contribution in [3.8, 4) is 11.8 Å². The minimum absolute atomic E-state index is 0.586. The van der Waals surface area contributed by atoms with Crippen LogP contribution in [-0.4, -0.2) is 23.6 Å². The van der Waals surface area contributed by atoms with Crippen LogP contribution in [0, 0.1) is 11.8 Å². The second-order valence-corrected chi connectivity index (χ2v) is 2.39. The molecule has 0 atom stereocenters. The molecular formula is C9H12N4. The van der Waals surface area contributed by atoms with Gasteiger partial charge in [-0.05, 0) is 0 Å². The van der Waals surface area contributed by atoms with Crippen LogP contribution < -0.4 is 11.1 Å². The van der Waals surface area contributed by atoms with Gasteiger partial charge in [0.1, 0.15) is 0 Å². The second kappa shape index (κ2) is 5.12. The molecule has 0 radical (unpaired) electrons. The molecule has 0 unspecified atom stereocenters. The maximum atomic E-state index is 5.29. The molecule has 1 heterocycles. The molecule has 0 saturated heterocycles. The maximum Gasteiger partial charge on any atom is 0.222 e. The fourth-order valence-corrected chi connectivity index (χ4v) is 0.758. The highest BCUT2D eigenvalue weighted by Gasteiger charge is 1.90. The summed E-state index contributed by atoms with van der Waals surface area (Å²) < 4.78 is 0. The molecule has 13 heavy (non-hydrogen) atoms. The van der Waals surface area contributed by atoms with Gasteiger partial charge in [0.2, 0.25) is 5.95 Å². The fourth-order valence-electron chi connectivity index (χ4n) is 0.758. The van der Waals surface area contributed by atoms with E-state index in [9.17, 15) is 0 Å². The lowest BCUT2D eigenvalue weighted by Gasteiger charge is -1.95. The standard InChI is InChI=1S/C9H12N4/c1-11-9-12-6-8(7-13-9)4-2-3-5-10/h6-7H,3,5,10H2,1H3,(H,11,12,13). The SMILES string of the molecule is CNc1ncc(C#CCCN)cn1. The van der Waals surface area contributed by atoms with E-state index in [4.69, 9.17) is 5.73 Å². The predicted molar refractivity (Wildman–Crippen MR) is 52.1 cm³/mol. The topological polar surface area (TPSA) is 63.8 Å². The lowest BCUT2D eigenvalue weighted by Crippen LogP contribution is -1.96. The van der Waals surface area contributed by atoms with Crippen molar-refractivity contribution in [2.75, 3.05) is 18.9 Å². The van der Waals surface area contributed by atoms with Crippen molar-refractivity contribution in [2.24, 2.45) is 5.73 Å². The zero-order chi connectivity index (χ0) is 9.52. The van der Waals surface area contributed by atoms with E-state index in [2.05, 4.69) is 27.1 Å². The van der Waals surface area contributed by atoms with Crippen LogP contribution >= 0.6 is 0 Å². The third kappa shape index (κ3) is 3.09. The lowest BCUT2D eigenvalue weighted by molar-refractivity contribution is 1.03. The third-order valence-corrected chi connectivity index (χ3v) is 1.38. The van der Waals surface area contributed by atoms with Gasteiger partial charge in [-0.1, -0.05) is 11.8 Å². The van der Waals surface area contributed by atoms with Gasteiger partial charge >= 0.3 is 0 Å². The molecule has 0 aromatic carbocycles. The lowest BCUT2D eigenvalue weighted by atomic mass is 10.3.